The number of nitrogens with zero attached hydrogens (tertiary/aromatic N) is 1. The van der Waals surface area contributed by atoms with Gasteiger partial charge >= 0.3 is 0 Å². The topological polar surface area (TPSA) is 67.2 Å². The predicted octanol–water partition coefficient (Wildman–Crippen LogP) is 1.55. The lowest BCUT2D eigenvalue weighted by Crippen LogP contribution is -2.24. The summed E-state index contributed by atoms with van der Waals surface area (Å²) in [6.45, 7) is 2.28. The van der Waals surface area contributed by atoms with Gasteiger partial charge in [0, 0.05) is 12.1 Å². The second-order valence-electron chi connectivity index (χ2n) is 3.72. The number of benzene rings is 1. The lowest BCUT2D eigenvalue weighted by Gasteiger charge is -2.03. The van der Waals surface area contributed by atoms with Crippen LogP contribution in [0.2, 0.25) is 0 Å². The van der Waals surface area contributed by atoms with E-state index in [0.29, 0.717) is 5.89 Å². The van der Waals surface area contributed by atoms with Crippen molar-refractivity contribution in [3.05, 3.63) is 24.1 Å². The molecule has 0 atom stereocenters. The Kier molecular flexibility index (Phi) is 3.39. The maximum Gasteiger partial charge on any atom is 0.238 e. The molecule has 1 aromatic carbocycles. The molecule has 0 unspecified atom stereocenters. The van der Waals surface area contributed by atoms with Crippen molar-refractivity contribution in [1.29, 1.82) is 0 Å². The predicted molar refractivity (Wildman–Crippen MR) is 65.9 cm³/mol. The number of rotatable bonds is 4. The lowest BCUT2D eigenvalue weighted by atomic mass is 10.3. The number of fused-ring (bicyclic) bond motifs is 1. The molecule has 2 aromatic rings. The van der Waals surface area contributed by atoms with Crippen LogP contribution in [0.3, 0.4) is 0 Å². The maximum absolute atomic E-state index is 11.4. The average molecular weight is 233 g/mol. The number of anilines is 1. The van der Waals surface area contributed by atoms with E-state index in [4.69, 9.17) is 4.42 Å². The molecule has 0 saturated carbocycles. The molecule has 0 aliphatic carbocycles. The van der Waals surface area contributed by atoms with E-state index in [1.807, 2.05) is 19.1 Å². The van der Waals surface area contributed by atoms with Crippen molar-refractivity contribution in [2.45, 2.75) is 13.3 Å². The Balaban J connectivity index is 2.21. The van der Waals surface area contributed by atoms with E-state index < -0.39 is 0 Å². The molecule has 2 N–H and O–H groups in total. The van der Waals surface area contributed by atoms with Gasteiger partial charge < -0.3 is 15.1 Å². The number of carbonyl (C=O) groups is 1. The minimum Gasteiger partial charge on any atom is -0.441 e. The normalized spacial score (nSPS) is 10.7. The third kappa shape index (κ3) is 2.62. The Hall–Kier alpha value is -1.88. The summed E-state index contributed by atoms with van der Waals surface area (Å²) in [4.78, 5) is 15.7. The highest BCUT2D eigenvalue weighted by Gasteiger charge is 2.06. The van der Waals surface area contributed by atoms with Crippen LogP contribution in [0.1, 0.15) is 12.8 Å². The smallest absolute Gasteiger partial charge is 0.238 e. The minimum absolute atomic E-state index is 0.0777. The number of amides is 1. The van der Waals surface area contributed by atoms with Gasteiger partial charge in [-0.2, -0.15) is 0 Å². The molecule has 0 radical (unpaired) electrons. The van der Waals surface area contributed by atoms with Gasteiger partial charge in [0.15, 0.2) is 11.5 Å². The number of hydrogen-bond acceptors (Lipinski definition) is 4. The summed E-state index contributed by atoms with van der Waals surface area (Å²) in [5.74, 6) is 0.629. The Morgan fingerprint density at radius 2 is 2.29 bits per heavy atom. The first kappa shape index (κ1) is 11.6. The number of aromatic nitrogens is 1. The molecular weight excluding hydrogens is 218 g/mol. The highest BCUT2D eigenvalue weighted by atomic mass is 16.3. The van der Waals surface area contributed by atoms with Crippen molar-refractivity contribution in [2.75, 3.05) is 18.9 Å². The van der Waals surface area contributed by atoms with Crippen LogP contribution < -0.4 is 10.6 Å². The fourth-order valence-electron chi connectivity index (χ4n) is 1.57. The van der Waals surface area contributed by atoms with Gasteiger partial charge in [0.25, 0.3) is 0 Å². The van der Waals surface area contributed by atoms with Crippen LogP contribution in [0, 0.1) is 0 Å². The standard InChI is InChI=1S/C12H15N3O2/c1-3-12-15-9-6-8(4-5-10(9)17-12)14-11(16)7-13-2/h4-6,13H,3,7H2,1-2H3,(H,14,16). The van der Waals surface area contributed by atoms with Crippen molar-refractivity contribution < 1.29 is 9.21 Å². The first-order valence-corrected chi connectivity index (χ1v) is 5.57. The quantitative estimate of drug-likeness (QED) is 0.840. The molecular formula is C12H15N3O2. The summed E-state index contributed by atoms with van der Waals surface area (Å²) in [6, 6.07) is 5.43. The second-order valence-corrected chi connectivity index (χ2v) is 3.72. The first-order valence-electron chi connectivity index (χ1n) is 5.57. The van der Waals surface area contributed by atoms with Crippen LogP contribution in [0.15, 0.2) is 22.6 Å². The number of carbonyl (C=O) groups excluding carboxylic acids is 1. The second kappa shape index (κ2) is 4.97. The average Bonchev–Trinajstić information content (AvgIpc) is 2.71. The summed E-state index contributed by atoms with van der Waals surface area (Å²) in [5, 5.41) is 5.57. The van der Waals surface area contributed by atoms with E-state index in [1.165, 1.54) is 0 Å². The molecule has 1 aromatic heterocycles. The van der Waals surface area contributed by atoms with Gasteiger partial charge in [0.1, 0.15) is 5.52 Å². The van der Waals surface area contributed by atoms with Gasteiger partial charge in [-0.05, 0) is 25.2 Å². The SMILES string of the molecule is CCc1nc2cc(NC(=O)CNC)ccc2o1. The fourth-order valence-corrected chi connectivity index (χ4v) is 1.57. The molecule has 2 rings (SSSR count). The van der Waals surface area contributed by atoms with Gasteiger partial charge in [-0.3, -0.25) is 4.79 Å². The molecule has 5 nitrogen and oxygen atoms in total. The highest BCUT2D eigenvalue weighted by Crippen LogP contribution is 2.20. The third-order valence-electron chi connectivity index (χ3n) is 2.36. The van der Waals surface area contributed by atoms with E-state index >= 15 is 0 Å². The molecule has 1 heterocycles. The van der Waals surface area contributed by atoms with Crippen molar-refractivity contribution in [2.24, 2.45) is 0 Å². The Morgan fingerprint density at radius 1 is 1.47 bits per heavy atom. The number of hydrogen-bond donors (Lipinski definition) is 2. The fraction of sp³-hybridized carbons (Fsp3) is 0.333. The number of likely N-dealkylation sites (N-methyl/N-ethyl adjacent to an activating group) is 1. The summed E-state index contributed by atoms with van der Waals surface area (Å²) in [7, 11) is 1.73. The molecule has 0 aliphatic rings. The zero-order valence-corrected chi connectivity index (χ0v) is 9.91. The Bertz CT molecular complexity index is 534. The van der Waals surface area contributed by atoms with E-state index in [-0.39, 0.29) is 12.5 Å². The molecule has 0 saturated heterocycles. The van der Waals surface area contributed by atoms with Gasteiger partial charge in [-0.1, -0.05) is 6.92 Å². The summed E-state index contributed by atoms with van der Waals surface area (Å²) < 4.78 is 5.49. The third-order valence-corrected chi connectivity index (χ3v) is 2.36. The monoisotopic (exact) mass is 233 g/mol. The molecule has 90 valence electrons. The molecule has 0 fully saturated rings. The van der Waals surface area contributed by atoms with Crippen LogP contribution in [-0.4, -0.2) is 24.5 Å². The van der Waals surface area contributed by atoms with Crippen LogP contribution in [0.4, 0.5) is 5.69 Å². The Labute approximate surface area is 99.2 Å². The van der Waals surface area contributed by atoms with E-state index in [0.717, 1.165) is 23.2 Å². The molecule has 1 amide bonds. The van der Waals surface area contributed by atoms with Gasteiger partial charge in [0.05, 0.1) is 6.54 Å². The zero-order valence-electron chi connectivity index (χ0n) is 9.91. The summed E-state index contributed by atoms with van der Waals surface area (Å²) in [6.07, 6.45) is 0.760. The van der Waals surface area contributed by atoms with Crippen LogP contribution in [-0.2, 0) is 11.2 Å². The maximum atomic E-state index is 11.4. The van der Waals surface area contributed by atoms with Crippen molar-refractivity contribution in [3.63, 3.8) is 0 Å². The zero-order chi connectivity index (χ0) is 12.3. The first-order chi connectivity index (χ1) is 8.22. The molecule has 5 heteroatoms. The summed E-state index contributed by atoms with van der Waals surface area (Å²) >= 11 is 0. The van der Waals surface area contributed by atoms with Crippen LogP contribution in [0.5, 0.6) is 0 Å². The molecule has 0 spiro atoms. The van der Waals surface area contributed by atoms with Gasteiger partial charge in [0.2, 0.25) is 5.91 Å². The molecule has 0 bridgehead atoms. The highest BCUT2D eigenvalue weighted by molar-refractivity contribution is 5.94. The number of nitrogens with one attached hydrogen (secondary N) is 2. The van der Waals surface area contributed by atoms with Gasteiger partial charge in [-0.15, -0.1) is 0 Å². The van der Waals surface area contributed by atoms with Crippen LogP contribution in [0.25, 0.3) is 11.1 Å². The number of oxazole rings is 1. The summed E-state index contributed by atoms with van der Waals surface area (Å²) in [5.41, 5.74) is 2.24. The Morgan fingerprint density at radius 3 is 3.00 bits per heavy atom. The number of aryl methyl sites for hydroxylation is 1. The van der Waals surface area contributed by atoms with E-state index in [9.17, 15) is 4.79 Å². The van der Waals surface area contributed by atoms with Gasteiger partial charge in [-0.25, -0.2) is 4.98 Å². The van der Waals surface area contributed by atoms with Crippen molar-refractivity contribution in [1.82, 2.24) is 10.3 Å². The van der Waals surface area contributed by atoms with E-state index in [1.54, 1.807) is 13.1 Å². The molecule has 0 aliphatic heterocycles. The minimum atomic E-state index is -0.0777. The van der Waals surface area contributed by atoms with Crippen molar-refractivity contribution >= 4 is 22.7 Å². The lowest BCUT2D eigenvalue weighted by molar-refractivity contribution is -0.115. The van der Waals surface area contributed by atoms with Crippen LogP contribution >= 0.6 is 0 Å². The largest absolute Gasteiger partial charge is 0.441 e. The van der Waals surface area contributed by atoms with E-state index in [2.05, 4.69) is 15.6 Å². The van der Waals surface area contributed by atoms with Crippen molar-refractivity contribution in [3.8, 4) is 0 Å². The molecule has 17 heavy (non-hydrogen) atoms.